The summed E-state index contributed by atoms with van der Waals surface area (Å²) in [5.74, 6) is -0.506. The minimum atomic E-state index is -1.11. The number of esters is 1. The van der Waals surface area contributed by atoms with Gasteiger partial charge in [0.05, 0.1) is 23.3 Å². The number of amides is 1. The molecule has 8 nitrogen and oxygen atoms in total. The Morgan fingerprint density at radius 2 is 1.76 bits per heavy atom. The molecule has 0 unspecified atom stereocenters. The first-order valence-electron chi connectivity index (χ1n) is 9.14. The molecule has 0 saturated heterocycles. The number of nitro benzene ring substituents is 1. The first kappa shape index (κ1) is 21.9. The molecule has 154 valence electrons. The highest BCUT2D eigenvalue weighted by Gasteiger charge is 2.21. The maximum absolute atomic E-state index is 12.4. The molecule has 1 amide bonds. The Labute approximate surface area is 169 Å². The summed E-state index contributed by atoms with van der Waals surface area (Å²) < 4.78 is 10.3. The van der Waals surface area contributed by atoms with E-state index in [0.29, 0.717) is 11.5 Å². The Balaban J connectivity index is 2.04. The monoisotopic (exact) mass is 400 g/mol. The number of carbonyl (C=O) groups excluding carboxylic acids is 2. The molecule has 0 radical (unpaired) electrons. The standard InChI is InChI=1S/C21H24N2O6/c1-13(2)11-15-5-7-16(8-6-15)21(25)29-14(3)20(24)22-18-12-17(23(26)27)9-10-19(18)28-4/h5-10,12-14H,11H2,1-4H3,(H,22,24)/t14-/m0/s1. The van der Waals surface area contributed by atoms with Crippen LogP contribution in [0.4, 0.5) is 11.4 Å². The Bertz CT molecular complexity index is 893. The largest absolute Gasteiger partial charge is 0.495 e. The fraction of sp³-hybridized carbons (Fsp3) is 0.333. The highest BCUT2D eigenvalue weighted by molar-refractivity contribution is 5.98. The second kappa shape index (κ2) is 9.68. The van der Waals surface area contributed by atoms with Crippen molar-refractivity contribution in [2.24, 2.45) is 5.92 Å². The zero-order valence-corrected chi connectivity index (χ0v) is 16.8. The summed E-state index contributed by atoms with van der Waals surface area (Å²) in [6.07, 6.45) is -0.207. The summed E-state index contributed by atoms with van der Waals surface area (Å²) in [5, 5.41) is 13.4. The molecule has 0 bridgehead atoms. The maximum Gasteiger partial charge on any atom is 0.338 e. The number of hydrogen-bond acceptors (Lipinski definition) is 6. The Morgan fingerprint density at radius 1 is 1.10 bits per heavy atom. The molecule has 2 aromatic rings. The minimum absolute atomic E-state index is 0.118. The van der Waals surface area contributed by atoms with Crippen molar-refractivity contribution in [3.05, 3.63) is 63.7 Å². The van der Waals surface area contributed by atoms with E-state index in [1.165, 1.54) is 32.2 Å². The summed E-state index contributed by atoms with van der Waals surface area (Å²) in [6, 6.07) is 10.9. The molecule has 2 rings (SSSR count). The van der Waals surface area contributed by atoms with Gasteiger partial charge in [0.25, 0.3) is 11.6 Å². The van der Waals surface area contributed by atoms with Gasteiger partial charge in [0.1, 0.15) is 5.75 Å². The van der Waals surface area contributed by atoms with Crippen LogP contribution in [0.3, 0.4) is 0 Å². The van der Waals surface area contributed by atoms with E-state index in [1.807, 2.05) is 12.1 Å². The number of nitrogens with zero attached hydrogens (tertiary/aromatic N) is 1. The number of ether oxygens (including phenoxy) is 2. The third-order valence-electron chi connectivity index (χ3n) is 4.14. The van der Waals surface area contributed by atoms with E-state index in [-0.39, 0.29) is 17.1 Å². The van der Waals surface area contributed by atoms with E-state index in [0.717, 1.165) is 12.0 Å². The third-order valence-corrected chi connectivity index (χ3v) is 4.14. The molecule has 0 aliphatic heterocycles. The van der Waals surface area contributed by atoms with E-state index in [2.05, 4.69) is 19.2 Å². The molecule has 0 heterocycles. The highest BCUT2D eigenvalue weighted by Crippen LogP contribution is 2.29. The molecule has 1 N–H and O–H groups in total. The van der Waals surface area contributed by atoms with Gasteiger partial charge in [0.2, 0.25) is 0 Å². The molecule has 0 saturated carbocycles. The third kappa shape index (κ3) is 6.03. The fourth-order valence-corrected chi connectivity index (χ4v) is 2.67. The molecule has 0 fully saturated rings. The first-order chi connectivity index (χ1) is 13.7. The van der Waals surface area contributed by atoms with Crippen molar-refractivity contribution in [2.75, 3.05) is 12.4 Å². The number of nitrogens with one attached hydrogen (secondary N) is 1. The van der Waals surface area contributed by atoms with Crippen molar-refractivity contribution < 1.29 is 24.0 Å². The quantitative estimate of drug-likeness (QED) is 0.408. The van der Waals surface area contributed by atoms with Crippen LogP contribution in [0.25, 0.3) is 0 Å². The van der Waals surface area contributed by atoms with Gasteiger partial charge in [-0.2, -0.15) is 0 Å². The maximum atomic E-state index is 12.4. The number of non-ortho nitro benzene ring substituents is 1. The van der Waals surface area contributed by atoms with Crippen LogP contribution >= 0.6 is 0 Å². The van der Waals surface area contributed by atoms with Gasteiger partial charge in [-0.1, -0.05) is 26.0 Å². The molecule has 1 atom stereocenters. The second-order valence-electron chi connectivity index (χ2n) is 6.97. The normalized spacial score (nSPS) is 11.6. The van der Waals surface area contributed by atoms with Crippen LogP contribution in [-0.4, -0.2) is 30.0 Å². The zero-order valence-electron chi connectivity index (χ0n) is 16.8. The van der Waals surface area contributed by atoms with Crippen molar-refractivity contribution in [3.8, 4) is 5.75 Å². The van der Waals surface area contributed by atoms with Gasteiger partial charge in [-0.3, -0.25) is 14.9 Å². The van der Waals surface area contributed by atoms with Gasteiger partial charge < -0.3 is 14.8 Å². The average Bonchev–Trinajstić information content (AvgIpc) is 2.67. The molecule has 29 heavy (non-hydrogen) atoms. The Morgan fingerprint density at radius 3 is 2.31 bits per heavy atom. The first-order valence-corrected chi connectivity index (χ1v) is 9.14. The van der Waals surface area contributed by atoms with Crippen LogP contribution in [0.5, 0.6) is 5.75 Å². The SMILES string of the molecule is COc1ccc([N+](=O)[O-])cc1NC(=O)[C@H](C)OC(=O)c1ccc(CC(C)C)cc1. The number of methoxy groups -OCH3 is 1. The number of nitro groups is 1. The molecular weight excluding hydrogens is 376 g/mol. The predicted molar refractivity (Wildman–Crippen MR) is 108 cm³/mol. The van der Waals surface area contributed by atoms with Crippen LogP contribution in [0.15, 0.2) is 42.5 Å². The van der Waals surface area contributed by atoms with Gasteiger partial charge in [0.15, 0.2) is 6.10 Å². The summed E-state index contributed by atoms with van der Waals surface area (Å²) in [5.41, 5.74) is 1.37. The fourth-order valence-electron chi connectivity index (χ4n) is 2.67. The summed E-state index contributed by atoms with van der Waals surface area (Å²) in [6.45, 7) is 5.64. The average molecular weight is 400 g/mol. The van der Waals surface area contributed by atoms with Crippen LogP contribution in [-0.2, 0) is 16.0 Å². The van der Waals surface area contributed by atoms with Crippen molar-refractivity contribution in [1.82, 2.24) is 0 Å². The van der Waals surface area contributed by atoms with Gasteiger partial charge in [-0.15, -0.1) is 0 Å². The molecule has 0 aromatic heterocycles. The molecule has 0 aliphatic carbocycles. The van der Waals surface area contributed by atoms with E-state index in [9.17, 15) is 19.7 Å². The second-order valence-corrected chi connectivity index (χ2v) is 6.97. The van der Waals surface area contributed by atoms with Crippen LogP contribution in [0, 0.1) is 16.0 Å². The number of benzene rings is 2. The van der Waals surface area contributed by atoms with Gasteiger partial charge in [0, 0.05) is 12.1 Å². The summed E-state index contributed by atoms with van der Waals surface area (Å²) in [7, 11) is 1.38. The predicted octanol–water partition coefficient (Wildman–Crippen LogP) is 3.99. The smallest absolute Gasteiger partial charge is 0.338 e. The lowest BCUT2D eigenvalue weighted by molar-refractivity contribution is -0.384. The van der Waals surface area contributed by atoms with Crippen molar-refractivity contribution in [3.63, 3.8) is 0 Å². The Kier molecular flexibility index (Phi) is 7.30. The van der Waals surface area contributed by atoms with E-state index >= 15 is 0 Å². The number of carbonyl (C=O) groups is 2. The number of rotatable bonds is 8. The van der Waals surface area contributed by atoms with Gasteiger partial charge in [-0.05, 0) is 43.0 Å². The Hall–Kier alpha value is -3.42. The molecule has 8 heteroatoms. The molecular formula is C21H24N2O6. The van der Waals surface area contributed by atoms with Crippen LogP contribution in [0.1, 0.15) is 36.7 Å². The highest BCUT2D eigenvalue weighted by atomic mass is 16.6. The van der Waals surface area contributed by atoms with Crippen LogP contribution in [0.2, 0.25) is 0 Å². The lowest BCUT2D eigenvalue weighted by Crippen LogP contribution is -2.30. The van der Waals surface area contributed by atoms with Crippen molar-refractivity contribution in [2.45, 2.75) is 33.3 Å². The number of hydrogen-bond donors (Lipinski definition) is 1. The zero-order chi connectivity index (χ0) is 21.6. The van der Waals surface area contributed by atoms with Gasteiger partial charge >= 0.3 is 5.97 Å². The number of anilines is 1. The topological polar surface area (TPSA) is 108 Å². The minimum Gasteiger partial charge on any atom is -0.495 e. The van der Waals surface area contributed by atoms with Crippen LogP contribution < -0.4 is 10.1 Å². The van der Waals surface area contributed by atoms with E-state index < -0.39 is 22.9 Å². The molecule has 2 aromatic carbocycles. The summed E-state index contributed by atoms with van der Waals surface area (Å²) >= 11 is 0. The van der Waals surface area contributed by atoms with Crippen molar-refractivity contribution in [1.29, 1.82) is 0 Å². The lowest BCUT2D eigenvalue weighted by atomic mass is 10.0. The summed E-state index contributed by atoms with van der Waals surface area (Å²) in [4.78, 5) is 35.0. The van der Waals surface area contributed by atoms with E-state index in [4.69, 9.17) is 9.47 Å². The van der Waals surface area contributed by atoms with E-state index in [1.54, 1.807) is 12.1 Å². The molecule has 0 spiro atoms. The lowest BCUT2D eigenvalue weighted by Gasteiger charge is -2.15. The van der Waals surface area contributed by atoms with Gasteiger partial charge in [-0.25, -0.2) is 4.79 Å². The molecule has 0 aliphatic rings. The van der Waals surface area contributed by atoms with Crippen molar-refractivity contribution >= 4 is 23.3 Å².